The van der Waals surface area contributed by atoms with Gasteiger partial charge in [-0.1, -0.05) is 17.7 Å². The summed E-state index contributed by atoms with van der Waals surface area (Å²) in [7, 11) is -4.63. The van der Waals surface area contributed by atoms with Crippen LogP contribution < -0.4 is 9.03 Å². The van der Waals surface area contributed by atoms with Crippen molar-refractivity contribution < 1.29 is 31.5 Å². The van der Waals surface area contributed by atoms with E-state index in [-0.39, 0.29) is 5.69 Å². The van der Waals surface area contributed by atoms with E-state index in [1.807, 2.05) is 0 Å². The van der Waals surface area contributed by atoms with Crippen molar-refractivity contribution in [3.05, 3.63) is 29.8 Å². The monoisotopic (exact) mass is 326 g/mol. The van der Waals surface area contributed by atoms with Crippen LogP contribution in [0.4, 0.5) is 18.9 Å². The second kappa shape index (κ2) is 6.31. The van der Waals surface area contributed by atoms with E-state index in [1.54, 1.807) is 6.92 Å². The number of rotatable bonds is 6. The molecular formula is C11H13F3N2O4S. The van der Waals surface area contributed by atoms with Gasteiger partial charge in [-0.3, -0.25) is 4.79 Å². The predicted molar refractivity (Wildman–Crippen MR) is 69.1 cm³/mol. The van der Waals surface area contributed by atoms with Crippen LogP contribution >= 0.6 is 0 Å². The molecule has 0 fully saturated rings. The predicted octanol–water partition coefficient (Wildman–Crippen LogP) is 1.28. The van der Waals surface area contributed by atoms with E-state index in [4.69, 9.17) is 5.11 Å². The molecule has 0 saturated heterocycles. The van der Waals surface area contributed by atoms with Crippen molar-refractivity contribution in [3.8, 4) is 0 Å². The number of carbonyl (C=O) groups is 1. The maximum absolute atomic E-state index is 12.1. The number of alkyl halides is 3. The lowest BCUT2D eigenvalue weighted by Crippen LogP contribution is -2.46. The highest BCUT2D eigenvalue weighted by Gasteiger charge is 2.32. The Morgan fingerprint density at radius 3 is 2.24 bits per heavy atom. The van der Waals surface area contributed by atoms with Crippen LogP contribution in [0.3, 0.4) is 0 Å². The Kier molecular flexibility index (Phi) is 5.18. The molecule has 2 N–H and O–H groups in total. The summed E-state index contributed by atoms with van der Waals surface area (Å²) in [6, 6.07) is 5.66. The van der Waals surface area contributed by atoms with Crippen LogP contribution in [0, 0.1) is 6.92 Å². The van der Waals surface area contributed by atoms with Gasteiger partial charge >= 0.3 is 22.4 Å². The van der Waals surface area contributed by atoms with Crippen molar-refractivity contribution in [2.75, 3.05) is 17.4 Å². The standard InChI is InChI=1S/C11H13F3N2O4S/c1-8-2-4-9(5-3-8)16(6-10(17)18)21(19,20)15-7-11(12,13)14/h2-5,15H,6-7H2,1H3,(H,17,18). The fraction of sp³-hybridized carbons (Fsp3) is 0.364. The lowest BCUT2D eigenvalue weighted by atomic mass is 10.2. The van der Waals surface area contributed by atoms with Crippen LogP contribution in [0.25, 0.3) is 0 Å². The number of nitrogens with zero attached hydrogens (tertiary/aromatic N) is 1. The zero-order valence-electron chi connectivity index (χ0n) is 10.9. The Bertz CT molecular complexity index is 599. The number of nitrogens with one attached hydrogen (secondary N) is 1. The Labute approximate surface area is 119 Å². The highest BCUT2D eigenvalue weighted by molar-refractivity contribution is 7.90. The van der Waals surface area contributed by atoms with Crippen LogP contribution in [0.2, 0.25) is 0 Å². The molecule has 0 amide bonds. The van der Waals surface area contributed by atoms with Crippen molar-refractivity contribution in [1.82, 2.24) is 4.72 Å². The van der Waals surface area contributed by atoms with E-state index >= 15 is 0 Å². The van der Waals surface area contributed by atoms with Gasteiger partial charge in [-0.2, -0.15) is 26.3 Å². The van der Waals surface area contributed by atoms with E-state index in [0.29, 0.717) is 4.31 Å². The molecule has 1 rings (SSSR count). The van der Waals surface area contributed by atoms with Gasteiger partial charge in [0.1, 0.15) is 13.1 Å². The highest BCUT2D eigenvalue weighted by Crippen LogP contribution is 2.19. The maximum atomic E-state index is 12.1. The van der Waals surface area contributed by atoms with Gasteiger partial charge in [-0.05, 0) is 19.1 Å². The normalized spacial score (nSPS) is 12.2. The van der Waals surface area contributed by atoms with Gasteiger partial charge in [0.2, 0.25) is 0 Å². The molecule has 0 aromatic heterocycles. The number of carboxylic acids is 1. The van der Waals surface area contributed by atoms with Gasteiger partial charge in [0, 0.05) is 0 Å². The second-order valence-corrected chi connectivity index (χ2v) is 5.86. The maximum Gasteiger partial charge on any atom is 0.402 e. The van der Waals surface area contributed by atoms with Crippen molar-refractivity contribution in [2.24, 2.45) is 0 Å². The average Bonchev–Trinajstić information content (AvgIpc) is 2.34. The third kappa shape index (κ3) is 5.60. The molecule has 118 valence electrons. The SMILES string of the molecule is Cc1ccc(N(CC(=O)O)S(=O)(=O)NCC(F)(F)F)cc1. The highest BCUT2D eigenvalue weighted by atomic mass is 32.2. The van der Waals surface area contributed by atoms with Gasteiger partial charge < -0.3 is 5.11 Å². The minimum absolute atomic E-state index is 0.0438. The Balaban J connectivity index is 3.06. The summed E-state index contributed by atoms with van der Waals surface area (Å²) < 4.78 is 61.7. The molecular weight excluding hydrogens is 313 g/mol. The lowest BCUT2D eigenvalue weighted by Gasteiger charge is -2.23. The Morgan fingerprint density at radius 1 is 1.29 bits per heavy atom. The number of carboxylic acid groups (broad SMARTS) is 1. The van der Waals surface area contributed by atoms with Gasteiger partial charge in [-0.25, -0.2) is 4.31 Å². The quantitative estimate of drug-likeness (QED) is 0.824. The molecule has 1 aromatic carbocycles. The first-order chi connectivity index (χ1) is 9.51. The number of aliphatic carboxylic acids is 1. The van der Waals surface area contributed by atoms with E-state index in [9.17, 15) is 26.4 Å². The summed E-state index contributed by atoms with van der Waals surface area (Å²) in [5, 5.41) is 8.74. The third-order valence-corrected chi connectivity index (χ3v) is 3.78. The molecule has 0 aliphatic heterocycles. The van der Waals surface area contributed by atoms with Crippen LogP contribution in [-0.2, 0) is 15.0 Å². The van der Waals surface area contributed by atoms with Crippen LogP contribution in [-0.4, -0.2) is 38.8 Å². The number of anilines is 1. The zero-order valence-corrected chi connectivity index (χ0v) is 11.7. The number of benzene rings is 1. The molecule has 0 aliphatic carbocycles. The molecule has 0 unspecified atom stereocenters. The molecule has 0 spiro atoms. The van der Waals surface area contributed by atoms with E-state index in [1.165, 1.54) is 29.0 Å². The van der Waals surface area contributed by atoms with E-state index in [2.05, 4.69) is 0 Å². The molecule has 1 aromatic rings. The number of aryl methyl sites for hydroxylation is 1. The van der Waals surface area contributed by atoms with Gasteiger partial charge in [0.05, 0.1) is 5.69 Å². The molecule has 0 aliphatic rings. The van der Waals surface area contributed by atoms with Crippen molar-refractivity contribution in [1.29, 1.82) is 0 Å². The fourth-order valence-corrected chi connectivity index (χ4v) is 2.58. The minimum atomic E-state index is -4.74. The molecule has 0 bridgehead atoms. The molecule has 0 atom stereocenters. The topological polar surface area (TPSA) is 86.7 Å². The summed E-state index contributed by atoms with van der Waals surface area (Å²) in [6.07, 6.45) is -4.74. The van der Waals surface area contributed by atoms with E-state index in [0.717, 1.165) is 5.56 Å². The molecule has 0 heterocycles. The van der Waals surface area contributed by atoms with Gasteiger partial charge in [0.15, 0.2) is 0 Å². The number of halogens is 3. The van der Waals surface area contributed by atoms with Crippen LogP contribution in [0.1, 0.15) is 5.56 Å². The first-order valence-electron chi connectivity index (χ1n) is 5.64. The summed E-state index contributed by atoms with van der Waals surface area (Å²) in [5.41, 5.74) is 0.743. The Hall–Kier alpha value is -1.81. The molecule has 6 nitrogen and oxygen atoms in total. The van der Waals surface area contributed by atoms with Gasteiger partial charge in [-0.15, -0.1) is 0 Å². The lowest BCUT2D eigenvalue weighted by molar-refractivity contribution is -0.135. The minimum Gasteiger partial charge on any atom is -0.480 e. The average molecular weight is 326 g/mol. The summed E-state index contributed by atoms with van der Waals surface area (Å²) in [6.45, 7) is -1.05. The van der Waals surface area contributed by atoms with Crippen LogP contribution in [0.15, 0.2) is 24.3 Å². The van der Waals surface area contributed by atoms with Gasteiger partial charge in [0.25, 0.3) is 0 Å². The molecule has 0 saturated carbocycles. The van der Waals surface area contributed by atoms with Crippen molar-refractivity contribution in [3.63, 3.8) is 0 Å². The summed E-state index contributed by atoms with van der Waals surface area (Å²) in [4.78, 5) is 10.7. The second-order valence-electron chi connectivity index (χ2n) is 4.18. The fourth-order valence-electron chi connectivity index (χ4n) is 1.40. The zero-order chi connectivity index (χ0) is 16.3. The van der Waals surface area contributed by atoms with Crippen LogP contribution in [0.5, 0.6) is 0 Å². The third-order valence-electron chi connectivity index (χ3n) is 2.35. The summed E-state index contributed by atoms with van der Waals surface area (Å²) in [5.74, 6) is -1.49. The van der Waals surface area contributed by atoms with E-state index < -0.39 is 35.4 Å². The first kappa shape index (κ1) is 17.2. The number of hydrogen-bond donors (Lipinski definition) is 2. The molecule has 0 radical (unpaired) electrons. The van der Waals surface area contributed by atoms with Crippen molar-refractivity contribution >= 4 is 21.9 Å². The first-order valence-corrected chi connectivity index (χ1v) is 7.08. The molecule has 21 heavy (non-hydrogen) atoms. The van der Waals surface area contributed by atoms with Crippen molar-refractivity contribution in [2.45, 2.75) is 13.1 Å². The summed E-state index contributed by atoms with van der Waals surface area (Å²) >= 11 is 0. The number of hydrogen-bond acceptors (Lipinski definition) is 3. The Morgan fingerprint density at radius 2 is 1.81 bits per heavy atom. The smallest absolute Gasteiger partial charge is 0.402 e. The largest absolute Gasteiger partial charge is 0.480 e. The molecule has 10 heteroatoms.